The summed E-state index contributed by atoms with van der Waals surface area (Å²) in [5.74, 6) is -2.55. The number of nitrogens with one attached hydrogen (secondary N) is 1. The molecule has 0 aromatic heterocycles. The Morgan fingerprint density at radius 2 is 1.34 bits per heavy atom. The van der Waals surface area contributed by atoms with Crippen molar-refractivity contribution in [1.29, 1.82) is 0 Å². The molecule has 0 fully saturated rings. The molecule has 0 bridgehead atoms. The Morgan fingerprint density at radius 1 is 0.812 bits per heavy atom. The van der Waals surface area contributed by atoms with Crippen LogP contribution in [0.15, 0.2) is 46.8 Å². The third-order valence-corrected chi connectivity index (χ3v) is 4.88. The smallest absolute Gasteiger partial charge is 0.337 e. The van der Waals surface area contributed by atoms with Crippen LogP contribution in [-0.4, -0.2) is 65.7 Å². The largest absolute Gasteiger partial charge is 0.465 e. The molecule has 9 heteroatoms. The van der Waals surface area contributed by atoms with E-state index in [2.05, 4.69) is 5.32 Å². The van der Waals surface area contributed by atoms with Gasteiger partial charge in [0.2, 0.25) is 0 Å². The van der Waals surface area contributed by atoms with Gasteiger partial charge in [-0.05, 0) is 31.5 Å². The maximum absolute atomic E-state index is 13.0. The zero-order valence-electron chi connectivity index (χ0n) is 19.0. The molecule has 1 aromatic carbocycles. The Morgan fingerprint density at radius 3 is 1.81 bits per heavy atom. The molecule has 0 spiro atoms. The van der Waals surface area contributed by atoms with Crippen molar-refractivity contribution in [2.75, 3.05) is 47.8 Å². The maximum atomic E-state index is 13.0. The van der Waals surface area contributed by atoms with Crippen LogP contribution >= 0.6 is 0 Å². The Hall–Kier alpha value is -3.17. The van der Waals surface area contributed by atoms with E-state index in [0.717, 1.165) is 0 Å². The zero-order chi connectivity index (χ0) is 23.7. The molecular formula is C23H29NO8. The maximum Gasteiger partial charge on any atom is 0.337 e. The van der Waals surface area contributed by atoms with E-state index in [9.17, 15) is 14.4 Å². The Kier molecular flexibility index (Phi) is 9.42. The minimum Gasteiger partial charge on any atom is -0.465 e. The van der Waals surface area contributed by atoms with E-state index in [0.29, 0.717) is 17.0 Å². The minimum atomic E-state index is -0.814. The third-order valence-electron chi connectivity index (χ3n) is 4.88. The molecule has 32 heavy (non-hydrogen) atoms. The lowest BCUT2D eigenvalue weighted by Gasteiger charge is -2.30. The molecule has 0 atom stereocenters. The van der Waals surface area contributed by atoms with Gasteiger partial charge in [-0.3, -0.25) is 0 Å². The lowest BCUT2D eigenvalue weighted by atomic mass is 9.80. The second-order valence-corrected chi connectivity index (χ2v) is 7.01. The van der Waals surface area contributed by atoms with E-state index < -0.39 is 23.8 Å². The highest BCUT2D eigenvalue weighted by Gasteiger charge is 2.38. The molecule has 0 aliphatic carbocycles. The van der Waals surface area contributed by atoms with Crippen LogP contribution < -0.4 is 5.32 Å². The van der Waals surface area contributed by atoms with Crippen LogP contribution in [0.25, 0.3) is 0 Å². The number of carbonyl (C=O) groups is 3. The Balaban J connectivity index is 2.55. The van der Waals surface area contributed by atoms with Gasteiger partial charge in [-0.15, -0.1) is 0 Å². The molecule has 1 aliphatic heterocycles. The highest BCUT2D eigenvalue weighted by Crippen LogP contribution is 2.39. The summed E-state index contributed by atoms with van der Waals surface area (Å²) in [6, 6.07) is 6.58. The number of methoxy groups -OCH3 is 3. The summed E-state index contributed by atoms with van der Waals surface area (Å²) < 4.78 is 25.4. The fraction of sp³-hybridized carbons (Fsp3) is 0.435. The number of allylic oxidation sites excluding steroid dienone is 2. The predicted molar refractivity (Wildman–Crippen MR) is 115 cm³/mol. The molecule has 2 rings (SSSR count). The second kappa shape index (κ2) is 12.0. The SMILES string of the molecule is COCCOC(=O)C1=C(C)NC(C)=C(C(=O)OCCOC)C1c1cccc(C(=O)OC)c1. The van der Waals surface area contributed by atoms with Gasteiger partial charge >= 0.3 is 17.9 Å². The second-order valence-electron chi connectivity index (χ2n) is 7.01. The van der Waals surface area contributed by atoms with Gasteiger partial charge in [0.25, 0.3) is 0 Å². The molecule has 1 heterocycles. The summed E-state index contributed by atoms with van der Waals surface area (Å²) in [5.41, 5.74) is 2.39. The molecule has 1 aliphatic rings. The van der Waals surface area contributed by atoms with E-state index in [4.69, 9.17) is 23.7 Å². The van der Waals surface area contributed by atoms with Gasteiger partial charge in [0.05, 0.1) is 43.0 Å². The van der Waals surface area contributed by atoms with Crippen molar-refractivity contribution in [2.24, 2.45) is 0 Å². The minimum absolute atomic E-state index is 0.0529. The van der Waals surface area contributed by atoms with E-state index >= 15 is 0 Å². The van der Waals surface area contributed by atoms with Crippen LogP contribution in [-0.2, 0) is 33.3 Å². The predicted octanol–water partition coefficient (Wildman–Crippen LogP) is 2.09. The normalized spacial score (nSPS) is 14.2. The Labute approximate surface area is 187 Å². The van der Waals surface area contributed by atoms with Gasteiger partial charge in [0, 0.05) is 25.6 Å². The molecule has 0 saturated heterocycles. The van der Waals surface area contributed by atoms with Gasteiger partial charge in [0.15, 0.2) is 0 Å². The Bertz CT molecular complexity index is 874. The summed E-state index contributed by atoms with van der Waals surface area (Å²) >= 11 is 0. The molecule has 9 nitrogen and oxygen atoms in total. The molecule has 0 saturated carbocycles. The van der Waals surface area contributed by atoms with Crippen LogP contribution in [0, 0.1) is 0 Å². The number of hydrogen-bond donors (Lipinski definition) is 1. The standard InChI is InChI=1S/C23H29NO8/c1-14-18(22(26)31-11-9-28-3)20(16-7-6-8-17(13-16)21(25)30-5)19(15(2)24-14)23(27)32-12-10-29-4/h6-8,13,20,24H,9-12H2,1-5H3. The quantitative estimate of drug-likeness (QED) is 0.327. The lowest BCUT2D eigenvalue weighted by Crippen LogP contribution is -2.33. The number of benzene rings is 1. The fourth-order valence-corrected chi connectivity index (χ4v) is 3.42. The lowest BCUT2D eigenvalue weighted by molar-refractivity contribution is -0.141. The van der Waals surface area contributed by atoms with Crippen LogP contribution in [0.3, 0.4) is 0 Å². The summed E-state index contributed by atoms with van der Waals surface area (Å²) in [5, 5.41) is 3.07. The topological polar surface area (TPSA) is 109 Å². The van der Waals surface area contributed by atoms with Crippen molar-refractivity contribution in [1.82, 2.24) is 5.32 Å². The highest BCUT2D eigenvalue weighted by molar-refractivity contribution is 6.00. The van der Waals surface area contributed by atoms with Crippen molar-refractivity contribution < 1.29 is 38.1 Å². The van der Waals surface area contributed by atoms with Gasteiger partial charge in [-0.25, -0.2) is 14.4 Å². The van der Waals surface area contributed by atoms with Gasteiger partial charge < -0.3 is 29.0 Å². The van der Waals surface area contributed by atoms with Crippen molar-refractivity contribution in [3.05, 3.63) is 57.9 Å². The summed E-state index contributed by atoms with van der Waals surface area (Å²) in [6.45, 7) is 4.01. The van der Waals surface area contributed by atoms with E-state index in [1.54, 1.807) is 38.1 Å². The van der Waals surface area contributed by atoms with E-state index in [-0.39, 0.29) is 43.1 Å². The average molecular weight is 447 g/mol. The number of esters is 3. The summed E-state index contributed by atoms with van der Waals surface area (Å²) in [4.78, 5) is 38.1. The number of carbonyl (C=O) groups excluding carboxylic acids is 3. The average Bonchev–Trinajstić information content (AvgIpc) is 2.78. The summed E-state index contributed by atoms with van der Waals surface area (Å²) in [6.07, 6.45) is 0. The number of rotatable bonds is 10. The van der Waals surface area contributed by atoms with Crippen LogP contribution in [0.5, 0.6) is 0 Å². The van der Waals surface area contributed by atoms with Crippen molar-refractivity contribution in [3.63, 3.8) is 0 Å². The first-order chi connectivity index (χ1) is 15.3. The van der Waals surface area contributed by atoms with Crippen molar-refractivity contribution in [2.45, 2.75) is 19.8 Å². The zero-order valence-corrected chi connectivity index (χ0v) is 19.0. The first kappa shape index (κ1) is 25.1. The molecule has 0 radical (unpaired) electrons. The molecule has 0 amide bonds. The fourth-order valence-electron chi connectivity index (χ4n) is 3.42. The summed E-state index contributed by atoms with van der Waals surface area (Å²) in [7, 11) is 4.29. The third kappa shape index (κ3) is 5.95. The van der Waals surface area contributed by atoms with Crippen LogP contribution in [0.2, 0.25) is 0 Å². The van der Waals surface area contributed by atoms with Gasteiger partial charge in [-0.2, -0.15) is 0 Å². The molecule has 0 unspecified atom stereocenters. The van der Waals surface area contributed by atoms with E-state index in [1.165, 1.54) is 21.3 Å². The number of hydrogen-bond acceptors (Lipinski definition) is 9. The van der Waals surface area contributed by atoms with Crippen LogP contribution in [0.1, 0.15) is 35.7 Å². The molecule has 174 valence electrons. The first-order valence-electron chi connectivity index (χ1n) is 10.0. The van der Waals surface area contributed by atoms with Crippen molar-refractivity contribution in [3.8, 4) is 0 Å². The number of dihydropyridines is 1. The van der Waals surface area contributed by atoms with E-state index in [1.807, 2.05) is 0 Å². The monoisotopic (exact) mass is 447 g/mol. The molecule has 1 aromatic rings. The molecule has 1 N–H and O–H groups in total. The first-order valence-corrected chi connectivity index (χ1v) is 10.0. The number of ether oxygens (including phenoxy) is 5. The molecular weight excluding hydrogens is 418 g/mol. The van der Waals surface area contributed by atoms with Gasteiger partial charge in [-0.1, -0.05) is 12.1 Å². The highest BCUT2D eigenvalue weighted by atomic mass is 16.6. The van der Waals surface area contributed by atoms with Crippen molar-refractivity contribution >= 4 is 17.9 Å². The van der Waals surface area contributed by atoms with Crippen LogP contribution in [0.4, 0.5) is 0 Å². The van der Waals surface area contributed by atoms with Gasteiger partial charge in [0.1, 0.15) is 13.2 Å².